The van der Waals surface area contributed by atoms with Gasteiger partial charge in [-0.2, -0.15) is 0 Å². The van der Waals surface area contributed by atoms with Gasteiger partial charge in [0.15, 0.2) is 0 Å². The molecule has 0 saturated heterocycles. The molecule has 0 fully saturated rings. The van der Waals surface area contributed by atoms with E-state index < -0.39 is 6.10 Å². The van der Waals surface area contributed by atoms with Gasteiger partial charge < -0.3 is 10.0 Å². The average molecular weight is 273 g/mol. The van der Waals surface area contributed by atoms with Crippen LogP contribution in [0.15, 0.2) is 42.5 Å². The summed E-state index contributed by atoms with van der Waals surface area (Å²) in [6, 6.07) is 13.3. The molecule has 0 amide bonds. The van der Waals surface area contributed by atoms with Crippen molar-refractivity contribution in [2.75, 3.05) is 11.9 Å². The first-order chi connectivity index (χ1) is 9.49. The fourth-order valence-electron chi connectivity index (χ4n) is 2.29. The Balaban J connectivity index is 2.33. The summed E-state index contributed by atoms with van der Waals surface area (Å²) in [7, 11) is 1.95. The number of benzene rings is 2. The van der Waals surface area contributed by atoms with Crippen molar-refractivity contribution >= 4 is 5.69 Å². The highest BCUT2D eigenvalue weighted by molar-refractivity contribution is 5.56. The third-order valence-electron chi connectivity index (χ3n) is 3.43. The van der Waals surface area contributed by atoms with Gasteiger partial charge in [-0.05, 0) is 37.1 Å². The van der Waals surface area contributed by atoms with Crippen LogP contribution in [0.1, 0.15) is 29.7 Å². The van der Waals surface area contributed by atoms with Gasteiger partial charge in [0.25, 0.3) is 0 Å². The van der Waals surface area contributed by atoms with E-state index in [2.05, 4.69) is 12.1 Å². The Morgan fingerprint density at radius 2 is 1.85 bits per heavy atom. The molecule has 0 aliphatic rings. The van der Waals surface area contributed by atoms with Gasteiger partial charge in [-0.1, -0.05) is 30.3 Å². The maximum atomic E-state index is 13.7. The molecule has 0 aromatic heterocycles. The van der Waals surface area contributed by atoms with Gasteiger partial charge in [-0.3, -0.25) is 0 Å². The number of aryl methyl sites for hydroxylation is 1. The lowest BCUT2D eigenvalue weighted by Crippen LogP contribution is -2.19. The van der Waals surface area contributed by atoms with Crippen LogP contribution in [0.3, 0.4) is 0 Å². The number of anilines is 1. The van der Waals surface area contributed by atoms with Crippen molar-refractivity contribution in [1.82, 2.24) is 0 Å². The van der Waals surface area contributed by atoms with Gasteiger partial charge in [0.05, 0.1) is 6.10 Å². The molecule has 0 heterocycles. The van der Waals surface area contributed by atoms with Crippen LogP contribution in [0, 0.1) is 12.7 Å². The third kappa shape index (κ3) is 3.17. The van der Waals surface area contributed by atoms with E-state index in [9.17, 15) is 9.50 Å². The maximum Gasteiger partial charge on any atom is 0.126 e. The quantitative estimate of drug-likeness (QED) is 0.915. The Morgan fingerprint density at radius 1 is 1.20 bits per heavy atom. The topological polar surface area (TPSA) is 23.5 Å². The number of nitrogens with zero attached hydrogens (tertiary/aromatic N) is 1. The predicted molar refractivity (Wildman–Crippen MR) is 80.3 cm³/mol. The Morgan fingerprint density at radius 3 is 2.45 bits per heavy atom. The highest BCUT2D eigenvalue weighted by Crippen LogP contribution is 2.29. The number of halogens is 1. The maximum absolute atomic E-state index is 13.7. The van der Waals surface area contributed by atoms with Crippen molar-refractivity contribution in [3.8, 4) is 0 Å². The monoisotopic (exact) mass is 273 g/mol. The molecule has 0 spiro atoms. The molecule has 3 heteroatoms. The summed E-state index contributed by atoms with van der Waals surface area (Å²) in [4.78, 5) is 2.03. The van der Waals surface area contributed by atoms with Gasteiger partial charge in [0.1, 0.15) is 5.82 Å². The summed E-state index contributed by atoms with van der Waals surface area (Å²) in [5.41, 5.74) is 3.24. The van der Waals surface area contributed by atoms with Gasteiger partial charge >= 0.3 is 0 Å². The molecule has 1 N–H and O–H groups in total. The first-order valence-corrected chi connectivity index (χ1v) is 6.72. The summed E-state index contributed by atoms with van der Waals surface area (Å²) >= 11 is 0. The van der Waals surface area contributed by atoms with Crippen LogP contribution in [-0.2, 0) is 6.54 Å². The Labute approximate surface area is 119 Å². The predicted octanol–water partition coefficient (Wildman–Crippen LogP) is 3.82. The Bertz CT molecular complexity index is 581. The van der Waals surface area contributed by atoms with Crippen LogP contribution in [0.5, 0.6) is 0 Å². The first-order valence-electron chi connectivity index (χ1n) is 6.72. The Kier molecular flexibility index (Phi) is 4.40. The van der Waals surface area contributed by atoms with Crippen LogP contribution >= 0.6 is 0 Å². The van der Waals surface area contributed by atoms with E-state index in [-0.39, 0.29) is 5.82 Å². The molecule has 2 nitrogen and oxygen atoms in total. The van der Waals surface area contributed by atoms with Gasteiger partial charge in [0, 0.05) is 24.8 Å². The molecule has 20 heavy (non-hydrogen) atoms. The van der Waals surface area contributed by atoms with E-state index in [4.69, 9.17) is 0 Å². The highest BCUT2D eigenvalue weighted by atomic mass is 19.1. The molecule has 0 bridgehead atoms. The third-order valence-corrected chi connectivity index (χ3v) is 3.43. The summed E-state index contributed by atoms with van der Waals surface area (Å²) in [6.45, 7) is 4.11. The SMILES string of the molecule is Cc1cc(N(C)Cc2ccccc2)c([C@H](C)O)cc1F. The van der Waals surface area contributed by atoms with Gasteiger partial charge in [-0.25, -0.2) is 4.39 Å². The van der Waals surface area contributed by atoms with E-state index in [0.717, 1.165) is 5.69 Å². The van der Waals surface area contributed by atoms with Crippen LogP contribution in [0.25, 0.3) is 0 Å². The van der Waals surface area contributed by atoms with Crippen molar-refractivity contribution in [3.63, 3.8) is 0 Å². The molecule has 0 radical (unpaired) electrons. The fraction of sp³-hybridized carbons (Fsp3) is 0.294. The lowest BCUT2D eigenvalue weighted by molar-refractivity contribution is 0.199. The standard InChI is InChI=1S/C17H20FNO/c1-12-9-17(15(13(2)20)10-16(12)18)19(3)11-14-7-5-4-6-8-14/h4-10,13,20H,11H2,1-3H3/t13-/m0/s1. The van der Waals surface area contributed by atoms with Crippen molar-refractivity contribution < 1.29 is 9.50 Å². The minimum Gasteiger partial charge on any atom is -0.389 e. The van der Waals surface area contributed by atoms with Crippen molar-refractivity contribution in [2.24, 2.45) is 0 Å². The smallest absolute Gasteiger partial charge is 0.126 e. The van der Waals surface area contributed by atoms with Crippen molar-refractivity contribution in [1.29, 1.82) is 0 Å². The molecule has 0 aliphatic heterocycles. The normalized spacial score (nSPS) is 12.2. The number of hydrogen-bond acceptors (Lipinski definition) is 2. The molecular weight excluding hydrogens is 253 g/mol. The fourth-order valence-corrected chi connectivity index (χ4v) is 2.29. The zero-order chi connectivity index (χ0) is 14.7. The first kappa shape index (κ1) is 14.5. The summed E-state index contributed by atoms with van der Waals surface area (Å²) < 4.78 is 13.7. The highest BCUT2D eigenvalue weighted by Gasteiger charge is 2.15. The number of rotatable bonds is 4. The molecule has 2 aromatic rings. The zero-order valence-corrected chi connectivity index (χ0v) is 12.1. The van der Waals surface area contributed by atoms with E-state index in [0.29, 0.717) is 17.7 Å². The van der Waals surface area contributed by atoms with E-state index in [1.165, 1.54) is 11.6 Å². The molecule has 1 atom stereocenters. The summed E-state index contributed by atoms with van der Waals surface area (Å²) in [6.07, 6.45) is -0.696. The van der Waals surface area contributed by atoms with Crippen molar-refractivity contribution in [2.45, 2.75) is 26.5 Å². The molecule has 0 saturated carbocycles. The second-order valence-corrected chi connectivity index (χ2v) is 5.18. The van der Waals surface area contributed by atoms with E-state index in [1.54, 1.807) is 19.9 Å². The molecule has 2 aromatic carbocycles. The van der Waals surface area contributed by atoms with Gasteiger partial charge in [-0.15, -0.1) is 0 Å². The Hall–Kier alpha value is -1.87. The van der Waals surface area contributed by atoms with Crippen LogP contribution < -0.4 is 4.90 Å². The van der Waals surface area contributed by atoms with Crippen LogP contribution in [-0.4, -0.2) is 12.2 Å². The van der Waals surface area contributed by atoms with Gasteiger partial charge in [0.2, 0.25) is 0 Å². The minimum atomic E-state index is -0.696. The lowest BCUT2D eigenvalue weighted by atomic mass is 10.0. The van der Waals surface area contributed by atoms with E-state index in [1.807, 2.05) is 30.1 Å². The molecular formula is C17H20FNO. The molecule has 0 aliphatic carbocycles. The summed E-state index contributed by atoms with van der Waals surface area (Å²) in [5, 5.41) is 9.84. The molecule has 2 rings (SSSR count). The molecule has 106 valence electrons. The second-order valence-electron chi connectivity index (χ2n) is 5.18. The van der Waals surface area contributed by atoms with Crippen molar-refractivity contribution in [3.05, 3.63) is 65.0 Å². The summed E-state index contributed by atoms with van der Waals surface area (Å²) in [5.74, 6) is -0.280. The second kappa shape index (κ2) is 6.06. The van der Waals surface area contributed by atoms with Crippen LogP contribution in [0.4, 0.5) is 10.1 Å². The number of hydrogen-bond donors (Lipinski definition) is 1. The largest absolute Gasteiger partial charge is 0.389 e. The average Bonchev–Trinajstić information content (AvgIpc) is 2.42. The number of aliphatic hydroxyl groups is 1. The van der Waals surface area contributed by atoms with E-state index >= 15 is 0 Å². The zero-order valence-electron chi connectivity index (χ0n) is 12.1. The number of aliphatic hydroxyl groups excluding tert-OH is 1. The van der Waals surface area contributed by atoms with Crippen LogP contribution in [0.2, 0.25) is 0 Å². The lowest BCUT2D eigenvalue weighted by Gasteiger charge is -2.24. The molecule has 0 unspecified atom stereocenters. The minimum absolute atomic E-state index is 0.280.